The third-order valence-electron chi connectivity index (χ3n) is 2.37. The first-order valence-corrected chi connectivity index (χ1v) is 7.10. The van der Waals surface area contributed by atoms with Crippen molar-refractivity contribution in [2.45, 2.75) is 12.5 Å². The Morgan fingerprint density at radius 3 is 2.68 bits per heavy atom. The minimum atomic E-state index is -0.658. The quantitative estimate of drug-likeness (QED) is 0.451. The highest BCUT2D eigenvalue weighted by atomic mass is 79.9. The van der Waals surface area contributed by atoms with Crippen molar-refractivity contribution in [3.05, 3.63) is 42.5 Å². The summed E-state index contributed by atoms with van der Waals surface area (Å²) in [5.41, 5.74) is 6.73. The van der Waals surface area contributed by atoms with Crippen molar-refractivity contribution < 1.29 is 14.3 Å². The van der Waals surface area contributed by atoms with Crippen molar-refractivity contribution >= 4 is 21.9 Å². The SMILES string of the molecule is C=CCOC(=O)[C@@H](N)Cc1ccc(OCCBr)cc1. The van der Waals surface area contributed by atoms with Gasteiger partial charge in [0.2, 0.25) is 0 Å². The van der Waals surface area contributed by atoms with Gasteiger partial charge in [0.05, 0.1) is 6.61 Å². The van der Waals surface area contributed by atoms with E-state index in [9.17, 15) is 4.79 Å². The number of hydrogen-bond donors (Lipinski definition) is 1. The molecule has 0 heterocycles. The zero-order chi connectivity index (χ0) is 14.1. The number of carbonyl (C=O) groups is 1. The molecule has 0 bridgehead atoms. The standard InChI is InChI=1S/C14H18BrNO3/c1-2-8-19-14(17)13(16)10-11-3-5-12(6-4-11)18-9-7-15/h2-6,13H,1,7-10,16H2/t13-/m0/s1. The second-order valence-electron chi connectivity index (χ2n) is 3.91. The molecular formula is C14H18BrNO3. The van der Waals surface area contributed by atoms with Gasteiger partial charge in [-0.05, 0) is 24.1 Å². The normalized spacial score (nSPS) is 11.7. The van der Waals surface area contributed by atoms with Gasteiger partial charge in [0, 0.05) is 5.33 Å². The molecule has 4 nitrogen and oxygen atoms in total. The average Bonchev–Trinajstić information content (AvgIpc) is 2.43. The largest absolute Gasteiger partial charge is 0.493 e. The molecule has 1 rings (SSSR count). The molecule has 0 fully saturated rings. The highest BCUT2D eigenvalue weighted by Gasteiger charge is 2.15. The summed E-state index contributed by atoms with van der Waals surface area (Å²) < 4.78 is 10.3. The Balaban J connectivity index is 2.47. The molecule has 0 aliphatic carbocycles. The molecule has 0 spiro atoms. The zero-order valence-corrected chi connectivity index (χ0v) is 12.3. The van der Waals surface area contributed by atoms with Gasteiger partial charge in [-0.1, -0.05) is 40.7 Å². The van der Waals surface area contributed by atoms with Gasteiger partial charge in [-0.3, -0.25) is 4.79 Å². The van der Waals surface area contributed by atoms with Gasteiger partial charge in [0.25, 0.3) is 0 Å². The van der Waals surface area contributed by atoms with Crippen LogP contribution in [0.3, 0.4) is 0 Å². The molecule has 104 valence electrons. The molecule has 0 aliphatic rings. The van der Waals surface area contributed by atoms with E-state index < -0.39 is 12.0 Å². The maximum absolute atomic E-state index is 11.5. The summed E-state index contributed by atoms with van der Waals surface area (Å²) in [5, 5.41) is 0.786. The predicted octanol–water partition coefficient (Wildman–Crippen LogP) is 2.06. The van der Waals surface area contributed by atoms with E-state index in [1.165, 1.54) is 6.08 Å². The van der Waals surface area contributed by atoms with Crippen LogP contribution in [0, 0.1) is 0 Å². The summed E-state index contributed by atoms with van der Waals surface area (Å²) in [6, 6.07) is 6.85. The zero-order valence-electron chi connectivity index (χ0n) is 10.7. The maximum atomic E-state index is 11.5. The Kier molecular flexibility index (Phi) is 7.22. The molecule has 19 heavy (non-hydrogen) atoms. The lowest BCUT2D eigenvalue weighted by molar-refractivity contribution is -0.143. The number of halogens is 1. The van der Waals surface area contributed by atoms with Crippen LogP contribution in [0.2, 0.25) is 0 Å². The van der Waals surface area contributed by atoms with E-state index in [1.54, 1.807) is 0 Å². The fourth-order valence-corrected chi connectivity index (χ4v) is 1.63. The minimum absolute atomic E-state index is 0.186. The van der Waals surface area contributed by atoms with Crippen LogP contribution in [0.5, 0.6) is 5.75 Å². The molecule has 0 saturated carbocycles. The number of alkyl halides is 1. The summed E-state index contributed by atoms with van der Waals surface area (Å²) in [6.07, 6.45) is 1.95. The second-order valence-corrected chi connectivity index (χ2v) is 4.70. The van der Waals surface area contributed by atoms with Gasteiger partial charge in [-0.15, -0.1) is 0 Å². The molecule has 1 aromatic rings. The number of esters is 1. The van der Waals surface area contributed by atoms with Gasteiger partial charge >= 0.3 is 5.97 Å². The van der Waals surface area contributed by atoms with E-state index in [4.69, 9.17) is 15.2 Å². The van der Waals surface area contributed by atoms with Gasteiger partial charge in [0.1, 0.15) is 18.4 Å². The first-order chi connectivity index (χ1) is 9.17. The maximum Gasteiger partial charge on any atom is 0.323 e. The van der Waals surface area contributed by atoms with Crippen LogP contribution in [0.15, 0.2) is 36.9 Å². The minimum Gasteiger partial charge on any atom is -0.493 e. The predicted molar refractivity (Wildman–Crippen MR) is 78.6 cm³/mol. The monoisotopic (exact) mass is 327 g/mol. The molecule has 0 saturated heterocycles. The third-order valence-corrected chi connectivity index (χ3v) is 2.69. The molecule has 0 radical (unpaired) electrons. The summed E-state index contributed by atoms with van der Waals surface area (Å²) in [7, 11) is 0. The van der Waals surface area contributed by atoms with Gasteiger partial charge in [-0.2, -0.15) is 0 Å². The lowest BCUT2D eigenvalue weighted by atomic mass is 10.1. The van der Waals surface area contributed by atoms with E-state index in [0.717, 1.165) is 16.6 Å². The number of hydrogen-bond acceptors (Lipinski definition) is 4. The van der Waals surface area contributed by atoms with E-state index in [1.807, 2.05) is 24.3 Å². The van der Waals surface area contributed by atoms with Gasteiger partial charge < -0.3 is 15.2 Å². The molecule has 0 unspecified atom stereocenters. The van der Waals surface area contributed by atoms with E-state index >= 15 is 0 Å². The molecule has 0 amide bonds. The highest BCUT2D eigenvalue weighted by Crippen LogP contribution is 2.13. The van der Waals surface area contributed by atoms with Crippen molar-refractivity contribution in [1.29, 1.82) is 0 Å². The molecule has 0 aliphatic heterocycles. The average molecular weight is 328 g/mol. The second kappa shape index (κ2) is 8.72. The molecule has 0 aromatic heterocycles. The summed E-state index contributed by atoms with van der Waals surface area (Å²) in [6.45, 7) is 4.28. The van der Waals surface area contributed by atoms with Gasteiger partial charge in [0.15, 0.2) is 0 Å². The number of nitrogens with two attached hydrogens (primary N) is 1. The summed E-state index contributed by atoms with van der Waals surface area (Å²) in [4.78, 5) is 11.5. The topological polar surface area (TPSA) is 61.5 Å². The molecule has 1 atom stereocenters. The Bertz CT molecular complexity index is 406. The van der Waals surface area contributed by atoms with Crippen LogP contribution < -0.4 is 10.5 Å². The van der Waals surface area contributed by atoms with Crippen LogP contribution in [-0.2, 0) is 16.0 Å². The Morgan fingerprint density at radius 1 is 1.42 bits per heavy atom. The van der Waals surface area contributed by atoms with Crippen molar-refractivity contribution in [3.8, 4) is 5.75 Å². The number of carbonyl (C=O) groups excluding carboxylic acids is 1. The van der Waals surface area contributed by atoms with Crippen molar-refractivity contribution in [1.82, 2.24) is 0 Å². The van der Waals surface area contributed by atoms with Crippen molar-refractivity contribution in [2.75, 3.05) is 18.5 Å². The van der Waals surface area contributed by atoms with Crippen molar-refractivity contribution in [2.24, 2.45) is 5.73 Å². The van der Waals surface area contributed by atoms with Gasteiger partial charge in [-0.25, -0.2) is 0 Å². The lowest BCUT2D eigenvalue weighted by Crippen LogP contribution is -2.34. The van der Waals surface area contributed by atoms with Crippen LogP contribution in [0.4, 0.5) is 0 Å². The molecular weight excluding hydrogens is 310 g/mol. The van der Waals surface area contributed by atoms with E-state index in [0.29, 0.717) is 13.0 Å². The fraction of sp³-hybridized carbons (Fsp3) is 0.357. The Hall–Kier alpha value is -1.33. The van der Waals surface area contributed by atoms with E-state index in [2.05, 4.69) is 22.5 Å². The number of benzene rings is 1. The van der Waals surface area contributed by atoms with Crippen LogP contribution in [0.1, 0.15) is 5.56 Å². The van der Waals surface area contributed by atoms with Crippen LogP contribution in [0.25, 0.3) is 0 Å². The fourth-order valence-electron chi connectivity index (χ4n) is 1.46. The van der Waals surface area contributed by atoms with Crippen LogP contribution >= 0.6 is 15.9 Å². The lowest BCUT2D eigenvalue weighted by Gasteiger charge is -2.11. The highest BCUT2D eigenvalue weighted by molar-refractivity contribution is 9.09. The third kappa shape index (κ3) is 5.89. The number of ether oxygens (including phenoxy) is 2. The smallest absolute Gasteiger partial charge is 0.323 e. The van der Waals surface area contributed by atoms with Crippen LogP contribution in [-0.4, -0.2) is 30.6 Å². The summed E-state index contributed by atoms with van der Waals surface area (Å²) >= 11 is 3.29. The first-order valence-electron chi connectivity index (χ1n) is 5.98. The molecule has 1 aromatic carbocycles. The summed E-state index contributed by atoms with van der Waals surface area (Å²) in [5.74, 6) is 0.380. The van der Waals surface area contributed by atoms with Crippen molar-refractivity contribution in [3.63, 3.8) is 0 Å². The Labute approximate surface area is 121 Å². The number of rotatable bonds is 8. The Morgan fingerprint density at radius 2 is 2.11 bits per heavy atom. The first kappa shape index (κ1) is 15.7. The molecule has 2 N–H and O–H groups in total. The molecule has 5 heteroatoms. The van der Waals surface area contributed by atoms with E-state index in [-0.39, 0.29) is 6.61 Å².